The maximum absolute atomic E-state index is 13.5. The van der Waals surface area contributed by atoms with Crippen LogP contribution < -0.4 is 5.32 Å². The third-order valence-electron chi connectivity index (χ3n) is 6.80. The van der Waals surface area contributed by atoms with Gasteiger partial charge in [-0.15, -0.1) is 0 Å². The molecule has 0 aromatic heterocycles. The zero-order valence-corrected chi connectivity index (χ0v) is 19.6. The molecule has 166 valence electrons. The number of hydrogen-bond donors (Lipinski definition) is 1. The lowest BCUT2D eigenvalue weighted by Gasteiger charge is -2.52. The van der Waals surface area contributed by atoms with Gasteiger partial charge in [-0.2, -0.15) is 4.31 Å². The number of nitrogens with one attached hydrogen (secondary N) is 1. The summed E-state index contributed by atoms with van der Waals surface area (Å²) in [5.41, 5.74) is 0.408. The smallest absolute Gasteiger partial charge is 0.243 e. The first kappa shape index (κ1) is 23.0. The molecule has 1 saturated carbocycles. The van der Waals surface area contributed by atoms with Crippen LogP contribution in [0.25, 0.3) is 0 Å². The first-order valence-corrected chi connectivity index (χ1v) is 12.4. The van der Waals surface area contributed by atoms with Gasteiger partial charge in [0.05, 0.1) is 4.90 Å². The minimum Gasteiger partial charge on any atom is -0.349 e. The Bertz CT molecular complexity index is 864. The molecule has 1 amide bonds. The topological polar surface area (TPSA) is 66.5 Å². The van der Waals surface area contributed by atoms with E-state index < -0.39 is 20.9 Å². The molecular weight excluding hydrogens is 396 g/mol. The maximum Gasteiger partial charge on any atom is 0.243 e. The van der Waals surface area contributed by atoms with Crippen LogP contribution in [0.3, 0.4) is 0 Å². The Morgan fingerprint density at radius 1 is 1.03 bits per heavy atom. The molecule has 30 heavy (non-hydrogen) atoms. The van der Waals surface area contributed by atoms with Crippen molar-refractivity contribution in [2.75, 3.05) is 13.1 Å². The standard InChI is InChI=1S/C24H36N2O3S/c1-6-21(27)25-22-23(2,3)16-26(17-24(22,4)5)30(28,29)20-14-12-19(13-15-20)18-10-8-7-9-11-18/h6,12-15,18,22H,1,7-11,16-17H2,2-5H3,(H,25,27). The van der Waals surface area contributed by atoms with Crippen LogP contribution in [0.4, 0.5) is 0 Å². The van der Waals surface area contributed by atoms with E-state index in [2.05, 4.69) is 11.9 Å². The molecule has 3 rings (SSSR count). The highest BCUT2D eigenvalue weighted by Gasteiger charge is 2.50. The van der Waals surface area contributed by atoms with E-state index in [1.54, 1.807) is 16.4 Å². The third kappa shape index (κ3) is 4.65. The predicted octanol–water partition coefficient (Wildman–Crippen LogP) is 4.46. The Kier molecular flexibility index (Phi) is 6.49. The van der Waals surface area contributed by atoms with Gasteiger partial charge in [0, 0.05) is 19.1 Å². The molecule has 0 bridgehead atoms. The normalized spacial score (nSPS) is 23.1. The lowest BCUT2D eigenvalue weighted by molar-refractivity contribution is -0.120. The summed E-state index contributed by atoms with van der Waals surface area (Å²) in [6.45, 7) is 12.3. The van der Waals surface area contributed by atoms with Gasteiger partial charge in [-0.1, -0.05) is 65.7 Å². The molecule has 0 radical (unpaired) electrons. The van der Waals surface area contributed by atoms with Crippen LogP contribution in [0.2, 0.25) is 0 Å². The molecule has 0 spiro atoms. The van der Waals surface area contributed by atoms with E-state index in [-0.39, 0.29) is 11.9 Å². The average molecular weight is 433 g/mol. The van der Waals surface area contributed by atoms with Crippen LogP contribution in [0.15, 0.2) is 41.8 Å². The average Bonchev–Trinajstić information content (AvgIpc) is 2.70. The molecule has 6 heteroatoms. The van der Waals surface area contributed by atoms with Gasteiger partial charge < -0.3 is 5.32 Å². The number of amides is 1. The second-order valence-corrected chi connectivity index (χ2v) is 12.2. The Morgan fingerprint density at radius 2 is 1.57 bits per heavy atom. The van der Waals surface area contributed by atoms with Gasteiger partial charge in [0.25, 0.3) is 0 Å². The molecule has 1 aromatic carbocycles. The summed E-state index contributed by atoms with van der Waals surface area (Å²) in [4.78, 5) is 12.3. The van der Waals surface area contributed by atoms with Crippen molar-refractivity contribution in [2.45, 2.75) is 76.7 Å². The van der Waals surface area contributed by atoms with Crippen molar-refractivity contribution in [2.24, 2.45) is 10.8 Å². The van der Waals surface area contributed by atoms with E-state index in [0.717, 1.165) is 0 Å². The van der Waals surface area contributed by atoms with Gasteiger partial charge in [-0.3, -0.25) is 4.79 Å². The highest BCUT2D eigenvalue weighted by atomic mass is 32.2. The van der Waals surface area contributed by atoms with Crippen LogP contribution >= 0.6 is 0 Å². The molecule has 1 saturated heterocycles. The Balaban J connectivity index is 1.82. The van der Waals surface area contributed by atoms with Gasteiger partial charge >= 0.3 is 0 Å². The minimum atomic E-state index is -3.61. The first-order valence-electron chi connectivity index (χ1n) is 11.0. The highest BCUT2D eigenvalue weighted by molar-refractivity contribution is 7.89. The van der Waals surface area contributed by atoms with Crippen LogP contribution in [0, 0.1) is 10.8 Å². The number of benzene rings is 1. The minimum absolute atomic E-state index is 0.157. The highest BCUT2D eigenvalue weighted by Crippen LogP contribution is 2.42. The van der Waals surface area contributed by atoms with Gasteiger partial charge in [0.2, 0.25) is 15.9 Å². The molecule has 0 unspecified atom stereocenters. The Morgan fingerprint density at radius 3 is 2.07 bits per heavy atom. The summed E-state index contributed by atoms with van der Waals surface area (Å²) >= 11 is 0. The molecular formula is C24H36N2O3S. The van der Waals surface area contributed by atoms with E-state index in [1.807, 2.05) is 39.8 Å². The zero-order valence-electron chi connectivity index (χ0n) is 18.8. The maximum atomic E-state index is 13.5. The summed E-state index contributed by atoms with van der Waals surface area (Å²) in [7, 11) is -3.61. The first-order chi connectivity index (χ1) is 14.0. The molecule has 1 aliphatic carbocycles. The van der Waals surface area contributed by atoms with Crippen molar-refractivity contribution in [1.82, 2.24) is 9.62 Å². The number of piperidine rings is 1. The number of rotatable bonds is 5. The van der Waals surface area contributed by atoms with Crippen LogP contribution in [-0.2, 0) is 14.8 Å². The predicted molar refractivity (Wildman–Crippen MR) is 121 cm³/mol. The Labute approximate surface area is 182 Å². The second-order valence-electron chi connectivity index (χ2n) is 10.3. The molecule has 2 fully saturated rings. The molecule has 1 N–H and O–H groups in total. The summed E-state index contributed by atoms with van der Waals surface area (Å²) in [5.74, 6) is 0.327. The van der Waals surface area contributed by atoms with Gasteiger partial charge in [-0.25, -0.2) is 8.42 Å². The summed E-state index contributed by atoms with van der Waals surface area (Å²) in [5, 5.41) is 3.03. The lowest BCUT2D eigenvalue weighted by atomic mass is 9.67. The fourth-order valence-corrected chi connectivity index (χ4v) is 7.25. The van der Waals surface area contributed by atoms with Gasteiger partial charge in [0.1, 0.15) is 0 Å². The van der Waals surface area contributed by atoms with E-state index >= 15 is 0 Å². The van der Waals surface area contributed by atoms with Crippen molar-refractivity contribution >= 4 is 15.9 Å². The number of carbonyl (C=O) groups is 1. The monoisotopic (exact) mass is 432 g/mol. The van der Waals surface area contributed by atoms with Crippen LogP contribution in [0.5, 0.6) is 0 Å². The molecule has 1 aliphatic heterocycles. The van der Waals surface area contributed by atoms with E-state index in [1.165, 1.54) is 43.7 Å². The summed E-state index contributed by atoms with van der Waals surface area (Å²) in [6, 6.07) is 7.37. The number of hydrogen-bond acceptors (Lipinski definition) is 3. The number of carbonyl (C=O) groups excluding carboxylic acids is 1. The Hall–Kier alpha value is -1.66. The molecule has 0 atom stereocenters. The number of sulfonamides is 1. The molecule has 5 nitrogen and oxygen atoms in total. The lowest BCUT2D eigenvalue weighted by Crippen LogP contribution is -2.64. The van der Waals surface area contributed by atoms with Crippen molar-refractivity contribution in [3.05, 3.63) is 42.5 Å². The van der Waals surface area contributed by atoms with Crippen molar-refractivity contribution in [3.8, 4) is 0 Å². The SMILES string of the molecule is C=CC(=O)NC1C(C)(C)CN(S(=O)(=O)c2ccc(C3CCCCC3)cc2)CC1(C)C. The fourth-order valence-electron chi connectivity index (χ4n) is 5.46. The largest absolute Gasteiger partial charge is 0.349 e. The van der Waals surface area contributed by atoms with E-state index in [9.17, 15) is 13.2 Å². The van der Waals surface area contributed by atoms with Gasteiger partial charge in [-0.05, 0) is 53.4 Å². The van der Waals surface area contributed by atoms with Crippen molar-refractivity contribution in [3.63, 3.8) is 0 Å². The van der Waals surface area contributed by atoms with Crippen LogP contribution in [-0.4, -0.2) is 37.8 Å². The van der Waals surface area contributed by atoms with Crippen LogP contribution in [0.1, 0.15) is 71.3 Å². The molecule has 2 aliphatic rings. The number of nitrogens with zero attached hydrogens (tertiary/aromatic N) is 1. The summed E-state index contributed by atoms with van der Waals surface area (Å²) < 4.78 is 28.5. The van der Waals surface area contributed by atoms with E-state index in [0.29, 0.717) is 23.9 Å². The summed E-state index contributed by atoms with van der Waals surface area (Å²) in [6.07, 6.45) is 7.47. The third-order valence-corrected chi connectivity index (χ3v) is 8.60. The molecule has 1 heterocycles. The zero-order chi connectivity index (χ0) is 22.2. The van der Waals surface area contributed by atoms with Crippen molar-refractivity contribution in [1.29, 1.82) is 0 Å². The van der Waals surface area contributed by atoms with E-state index in [4.69, 9.17) is 0 Å². The quantitative estimate of drug-likeness (QED) is 0.699. The fraction of sp³-hybridized carbons (Fsp3) is 0.625. The molecule has 1 aromatic rings. The van der Waals surface area contributed by atoms with Crippen molar-refractivity contribution < 1.29 is 13.2 Å². The van der Waals surface area contributed by atoms with Gasteiger partial charge in [0.15, 0.2) is 0 Å². The second kappa shape index (κ2) is 8.46.